The molecule has 1 heterocycles. The van der Waals surface area contributed by atoms with E-state index in [0.717, 1.165) is 16.8 Å². The maximum Gasteiger partial charge on any atom is 0.256 e. The summed E-state index contributed by atoms with van der Waals surface area (Å²) in [7, 11) is 1.48. The second kappa shape index (κ2) is 5.14. The number of nitrogens with one attached hydrogen (secondary N) is 1. The van der Waals surface area contributed by atoms with Crippen molar-refractivity contribution < 1.29 is 14.6 Å². The minimum atomic E-state index is -0.181. The van der Waals surface area contributed by atoms with Crippen LogP contribution in [0.3, 0.4) is 0 Å². The number of halogens is 1. The third-order valence-electron chi connectivity index (χ3n) is 3.28. The molecule has 1 aliphatic heterocycles. The van der Waals surface area contributed by atoms with E-state index in [0.29, 0.717) is 16.3 Å². The predicted octanol–water partition coefficient (Wildman–Crippen LogP) is 3.55. The Balaban J connectivity index is 2.08. The van der Waals surface area contributed by atoms with Crippen LogP contribution in [0.1, 0.15) is 11.1 Å². The van der Waals surface area contributed by atoms with E-state index in [1.165, 1.54) is 13.2 Å². The molecule has 0 saturated carbocycles. The smallest absolute Gasteiger partial charge is 0.256 e. The van der Waals surface area contributed by atoms with Gasteiger partial charge in [-0.05, 0) is 42.0 Å². The summed E-state index contributed by atoms with van der Waals surface area (Å²) in [6, 6.07) is 10.1. The molecule has 0 spiro atoms. The Bertz CT molecular complexity index is 768. The van der Waals surface area contributed by atoms with Crippen LogP contribution in [0.15, 0.2) is 36.4 Å². The summed E-state index contributed by atoms with van der Waals surface area (Å²) in [6.07, 6.45) is 1.74. The van der Waals surface area contributed by atoms with Gasteiger partial charge in [-0.25, -0.2) is 0 Å². The molecule has 106 valence electrons. The molecule has 0 aromatic heterocycles. The van der Waals surface area contributed by atoms with Gasteiger partial charge in [-0.2, -0.15) is 0 Å². The van der Waals surface area contributed by atoms with Crippen molar-refractivity contribution in [3.63, 3.8) is 0 Å². The largest absolute Gasteiger partial charge is 0.504 e. The van der Waals surface area contributed by atoms with Crippen LogP contribution in [-0.2, 0) is 4.79 Å². The van der Waals surface area contributed by atoms with Crippen LogP contribution in [-0.4, -0.2) is 18.1 Å². The van der Waals surface area contributed by atoms with Crippen LogP contribution in [0.4, 0.5) is 5.69 Å². The first kappa shape index (κ1) is 13.5. The molecular weight excluding hydrogens is 290 g/mol. The SMILES string of the molecule is COc1cc(C=C2C(=O)Nc3ccc(Cl)cc32)ccc1O. The number of phenols is 1. The molecule has 5 heteroatoms. The Morgan fingerprint density at radius 1 is 1.24 bits per heavy atom. The highest BCUT2D eigenvalue weighted by Gasteiger charge is 2.24. The predicted molar refractivity (Wildman–Crippen MR) is 82.6 cm³/mol. The molecule has 0 aliphatic carbocycles. The Hall–Kier alpha value is -2.46. The molecule has 4 nitrogen and oxygen atoms in total. The second-order valence-electron chi connectivity index (χ2n) is 4.63. The van der Waals surface area contributed by atoms with Crippen molar-refractivity contribution in [3.05, 3.63) is 52.5 Å². The van der Waals surface area contributed by atoms with Crippen molar-refractivity contribution in [2.24, 2.45) is 0 Å². The Kier molecular flexibility index (Phi) is 3.31. The fourth-order valence-corrected chi connectivity index (χ4v) is 2.43. The van der Waals surface area contributed by atoms with Crippen LogP contribution in [0.25, 0.3) is 11.6 Å². The number of hydrogen-bond acceptors (Lipinski definition) is 3. The highest BCUT2D eigenvalue weighted by atomic mass is 35.5. The zero-order chi connectivity index (χ0) is 15.0. The Morgan fingerprint density at radius 3 is 2.81 bits per heavy atom. The van der Waals surface area contributed by atoms with Gasteiger partial charge in [0.1, 0.15) is 0 Å². The first-order valence-electron chi connectivity index (χ1n) is 6.28. The number of ether oxygens (including phenoxy) is 1. The minimum Gasteiger partial charge on any atom is -0.504 e. The Morgan fingerprint density at radius 2 is 2.05 bits per heavy atom. The van der Waals surface area contributed by atoms with Crippen LogP contribution < -0.4 is 10.1 Å². The van der Waals surface area contributed by atoms with Gasteiger partial charge in [0.2, 0.25) is 0 Å². The number of rotatable bonds is 2. The van der Waals surface area contributed by atoms with E-state index in [2.05, 4.69) is 5.32 Å². The number of hydrogen-bond donors (Lipinski definition) is 2. The molecule has 0 saturated heterocycles. The number of amides is 1. The molecule has 0 radical (unpaired) electrons. The number of carbonyl (C=O) groups is 1. The topological polar surface area (TPSA) is 58.6 Å². The number of fused-ring (bicyclic) bond motifs is 1. The van der Waals surface area contributed by atoms with Crippen molar-refractivity contribution in [1.82, 2.24) is 0 Å². The van der Waals surface area contributed by atoms with Crippen LogP contribution >= 0.6 is 11.6 Å². The molecule has 0 atom stereocenters. The van der Waals surface area contributed by atoms with E-state index in [4.69, 9.17) is 16.3 Å². The number of aromatic hydroxyl groups is 1. The number of methoxy groups -OCH3 is 1. The summed E-state index contributed by atoms with van der Waals surface area (Å²) >= 11 is 5.99. The standard InChI is InChI=1S/C16H12ClNO3/c1-21-15-7-9(2-5-14(15)19)6-12-11-8-10(17)3-4-13(11)18-16(12)20/h2-8,19H,1H3,(H,18,20). The second-order valence-corrected chi connectivity index (χ2v) is 5.07. The fraction of sp³-hybridized carbons (Fsp3) is 0.0625. The first-order chi connectivity index (χ1) is 10.1. The maximum absolute atomic E-state index is 12.1. The molecule has 0 fully saturated rings. The van der Waals surface area contributed by atoms with Gasteiger partial charge in [0.15, 0.2) is 11.5 Å². The van der Waals surface area contributed by atoms with E-state index in [-0.39, 0.29) is 11.7 Å². The van der Waals surface area contributed by atoms with Crippen LogP contribution in [0.2, 0.25) is 5.02 Å². The van der Waals surface area contributed by atoms with Crippen molar-refractivity contribution in [1.29, 1.82) is 0 Å². The molecule has 0 bridgehead atoms. The maximum atomic E-state index is 12.1. The highest BCUT2D eigenvalue weighted by molar-refractivity contribution is 6.36. The summed E-state index contributed by atoms with van der Waals surface area (Å²) in [6.45, 7) is 0. The monoisotopic (exact) mass is 301 g/mol. The van der Waals surface area contributed by atoms with Gasteiger partial charge >= 0.3 is 0 Å². The minimum absolute atomic E-state index is 0.0546. The van der Waals surface area contributed by atoms with Crippen molar-refractivity contribution in [2.45, 2.75) is 0 Å². The van der Waals surface area contributed by atoms with Gasteiger partial charge in [-0.15, -0.1) is 0 Å². The average Bonchev–Trinajstić information content (AvgIpc) is 2.77. The molecule has 2 N–H and O–H groups in total. The third kappa shape index (κ3) is 2.45. The Labute approximate surface area is 126 Å². The van der Waals surface area contributed by atoms with Gasteiger partial charge in [-0.1, -0.05) is 17.7 Å². The number of phenolic OH excluding ortho intramolecular Hbond substituents is 1. The zero-order valence-electron chi connectivity index (χ0n) is 11.2. The first-order valence-corrected chi connectivity index (χ1v) is 6.66. The van der Waals surface area contributed by atoms with Crippen LogP contribution in [0.5, 0.6) is 11.5 Å². The van der Waals surface area contributed by atoms with Gasteiger partial charge < -0.3 is 15.2 Å². The number of carbonyl (C=O) groups excluding carboxylic acids is 1. The van der Waals surface area contributed by atoms with Gasteiger partial charge in [0, 0.05) is 21.8 Å². The molecule has 0 unspecified atom stereocenters. The fourth-order valence-electron chi connectivity index (χ4n) is 2.25. The van der Waals surface area contributed by atoms with Gasteiger partial charge in [0.05, 0.1) is 7.11 Å². The molecule has 1 aliphatic rings. The van der Waals surface area contributed by atoms with E-state index in [1.807, 2.05) is 0 Å². The lowest BCUT2D eigenvalue weighted by atomic mass is 10.0. The van der Waals surface area contributed by atoms with E-state index in [1.54, 1.807) is 36.4 Å². The lowest BCUT2D eigenvalue weighted by molar-refractivity contribution is -0.110. The number of anilines is 1. The van der Waals surface area contributed by atoms with Crippen molar-refractivity contribution in [3.8, 4) is 11.5 Å². The highest BCUT2D eigenvalue weighted by Crippen LogP contribution is 2.36. The summed E-state index contributed by atoms with van der Waals surface area (Å²) in [4.78, 5) is 12.1. The molecule has 3 rings (SSSR count). The van der Waals surface area contributed by atoms with E-state index < -0.39 is 0 Å². The van der Waals surface area contributed by atoms with E-state index in [9.17, 15) is 9.90 Å². The lowest BCUT2D eigenvalue weighted by Gasteiger charge is -2.04. The quantitative estimate of drug-likeness (QED) is 0.834. The summed E-state index contributed by atoms with van der Waals surface area (Å²) in [5.74, 6) is 0.229. The van der Waals surface area contributed by atoms with Crippen molar-refractivity contribution in [2.75, 3.05) is 12.4 Å². The normalized spacial score (nSPS) is 15.0. The third-order valence-corrected chi connectivity index (χ3v) is 3.51. The molecule has 1 amide bonds. The zero-order valence-corrected chi connectivity index (χ0v) is 11.9. The average molecular weight is 302 g/mol. The van der Waals surface area contributed by atoms with E-state index >= 15 is 0 Å². The molecule has 2 aromatic carbocycles. The number of benzene rings is 2. The summed E-state index contributed by atoms with van der Waals surface area (Å²) in [5.41, 5.74) is 2.78. The molecule has 2 aromatic rings. The summed E-state index contributed by atoms with van der Waals surface area (Å²) in [5, 5.41) is 13.0. The van der Waals surface area contributed by atoms with Gasteiger partial charge in [0.25, 0.3) is 5.91 Å². The lowest BCUT2D eigenvalue weighted by Crippen LogP contribution is -2.03. The summed E-state index contributed by atoms with van der Waals surface area (Å²) < 4.78 is 5.06. The van der Waals surface area contributed by atoms with Crippen molar-refractivity contribution >= 4 is 34.8 Å². The molecule has 21 heavy (non-hydrogen) atoms. The molecular formula is C16H12ClNO3. The van der Waals surface area contributed by atoms with Crippen LogP contribution in [0, 0.1) is 0 Å². The van der Waals surface area contributed by atoms with Gasteiger partial charge in [-0.3, -0.25) is 4.79 Å².